The van der Waals surface area contributed by atoms with Crippen molar-refractivity contribution >= 4 is 31.9 Å². The highest BCUT2D eigenvalue weighted by Gasteiger charge is 2.18. The van der Waals surface area contributed by atoms with Crippen molar-refractivity contribution in [1.82, 2.24) is 4.98 Å². The lowest BCUT2D eigenvalue weighted by atomic mass is 10.1. The van der Waals surface area contributed by atoms with E-state index in [4.69, 9.17) is 5.11 Å². The monoisotopic (exact) mass is 315 g/mol. The Balaban J connectivity index is 3.32. The number of rotatable bonds is 2. The van der Waals surface area contributed by atoms with Crippen molar-refractivity contribution in [3.63, 3.8) is 0 Å². The molecule has 13 heavy (non-hydrogen) atoms. The summed E-state index contributed by atoms with van der Waals surface area (Å²) in [6.07, 6.45) is -1.41. The third-order valence-electron chi connectivity index (χ3n) is 1.49. The van der Waals surface area contributed by atoms with Crippen molar-refractivity contribution in [2.45, 2.75) is 13.0 Å². The van der Waals surface area contributed by atoms with E-state index in [0.717, 1.165) is 0 Å². The molecule has 0 radical (unpaired) electrons. The van der Waals surface area contributed by atoms with Crippen LogP contribution in [0.4, 0.5) is 8.78 Å². The molecule has 0 spiro atoms. The molecular weight excluding hydrogens is 312 g/mol. The zero-order valence-electron chi connectivity index (χ0n) is 6.27. The van der Waals surface area contributed by atoms with Crippen LogP contribution in [0.2, 0.25) is 0 Å². The molecule has 0 atom stereocenters. The minimum absolute atomic E-state index is 0.130. The van der Waals surface area contributed by atoms with Crippen molar-refractivity contribution in [2.75, 3.05) is 0 Å². The number of nitrogens with zero attached hydrogens (tertiary/aromatic N) is 1. The Hall–Kier alpha value is -0.0700. The summed E-state index contributed by atoms with van der Waals surface area (Å²) < 4.78 is 25.4. The van der Waals surface area contributed by atoms with Crippen LogP contribution in [0.3, 0.4) is 0 Å². The molecule has 2 nitrogen and oxygen atoms in total. The normalized spacial score (nSPS) is 10.9. The van der Waals surface area contributed by atoms with Crippen LogP contribution in [0.5, 0.6) is 0 Å². The number of hydrogen-bond acceptors (Lipinski definition) is 2. The fraction of sp³-hybridized carbons (Fsp3) is 0.286. The van der Waals surface area contributed by atoms with Crippen molar-refractivity contribution < 1.29 is 13.9 Å². The van der Waals surface area contributed by atoms with E-state index >= 15 is 0 Å². The molecule has 0 bridgehead atoms. The predicted molar refractivity (Wildman–Crippen MR) is 50.5 cm³/mol. The third-order valence-corrected chi connectivity index (χ3v) is 3.42. The number of aliphatic hydroxyl groups is 1. The number of halogens is 4. The molecule has 6 heteroatoms. The Morgan fingerprint density at radius 2 is 2.08 bits per heavy atom. The number of aromatic nitrogens is 1. The van der Waals surface area contributed by atoms with Crippen LogP contribution in [0.1, 0.15) is 17.6 Å². The van der Waals surface area contributed by atoms with Crippen LogP contribution in [-0.4, -0.2) is 10.1 Å². The second-order valence-electron chi connectivity index (χ2n) is 2.26. The summed E-state index contributed by atoms with van der Waals surface area (Å²) in [4.78, 5) is 3.77. The number of aliphatic hydroxyl groups excluding tert-OH is 1. The SMILES string of the molecule is OCc1cnc(Br)c(Br)c1C(F)F. The van der Waals surface area contributed by atoms with E-state index in [-0.39, 0.29) is 15.6 Å². The number of hydrogen-bond donors (Lipinski definition) is 1. The van der Waals surface area contributed by atoms with Gasteiger partial charge in [-0.3, -0.25) is 0 Å². The molecule has 72 valence electrons. The average Bonchev–Trinajstić information content (AvgIpc) is 2.08. The summed E-state index contributed by atoms with van der Waals surface area (Å²) in [6, 6.07) is 0. The highest BCUT2D eigenvalue weighted by Crippen LogP contribution is 2.34. The summed E-state index contributed by atoms with van der Waals surface area (Å²) in [7, 11) is 0. The molecule has 0 aliphatic heterocycles. The molecule has 1 heterocycles. The Kier molecular flexibility index (Phi) is 3.75. The molecule has 0 amide bonds. The lowest BCUT2D eigenvalue weighted by molar-refractivity contribution is 0.146. The van der Waals surface area contributed by atoms with Gasteiger partial charge in [-0.1, -0.05) is 0 Å². The van der Waals surface area contributed by atoms with E-state index in [2.05, 4.69) is 36.8 Å². The van der Waals surface area contributed by atoms with E-state index in [1.54, 1.807) is 0 Å². The van der Waals surface area contributed by atoms with Crippen LogP contribution in [0, 0.1) is 0 Å². The van der Waals surface area contributed by atoms with E-state index < -0.39 is 13.0 Å². The van der Waals surface area contributed by atoms with Gasteiger partial charge in [0.2, 0.25) is 0 Å². The van der Waals surface area contributed by atoms with Gasteiger partial charge in [0.1, 0.15) is 4.60 Å². The van der Waals surface area contributed by atoms with E-state index in [1.807, 2.05) is 0 Å². The lowest BCUT2D eigenvalue weighted by Crippen LogP contribution is -1.98. The van der Waals surface area contributed by atoms with Gasteiger partial charge in [-0.25, -0.2) is 13.8 Å². The quantitative estimate of drug-likeness (QED) is 0.851. The molecule has 0 aromatic carbocycles. The molecule has 1 N–H and O–H groups in total. The van der Waals surface area contributed by atoms with E-state index in [9.17, 15) is 8.78 Å². The van der Waals surface area contributed by atoms with Crippen LogP contribution in [-0.2, 0) is 6.61 Å². The zero-order chi connectivity index (χ0) is 10.0. The summed E-state index contributed by atoms with van der Waals surface area (Å²) in [5.41, 5.74) is -0.0885. The third kappa shape index (κ3) is 2.24. The minimum Gasteiger partial charge on any atom is -0.392 e. The van der Waals surface area contributed by atoms with Crippen LogP contribution >= 0.6 is 31.9 Å². The fourth-order valence-corrected chi connectivity index (χ4v) is 1.72. The van der Waals surface area contributed by atoms with Gasteiger partial charge in [-0.2, -0.15) is 0 Å². The van der Waals surface area contributed by atoms with Crippen LogP contribution in [0.15, 0.2) is 15.3 Å². The summed E-state index contributed by atoms with van der Waals surface area (Å²) in [6.45, 7) is -0.446. The van der Waals surface area contributed by atoms with Gasteiger partial charge in [-0.15, -0.1) is 0 Å². The Bertz CT molecular complexity index is 320. The molecule has 0 saturated carbocycles. The van der Waals surface area contributed by atoms with Gasteiger partial charge in [0.25, 0.3) is 6.43 Å². The van der Waals surface area contributed by atoms with E-state index in [0.29, 0.717) is 4.60 Å². The largest absolute Gasteiger partial charge is 0.392 e. The first-order chi connectivity index (χ1) is 6.07. The highest BCUT2D eigenvalue weighted by atomic mass is 79.9. The highest BCUT2D eigenvalue weighted by molar-refractivity contribution is 9.13. The molecule has 0 aliphatic rings. The average molecular weight is 317 g/mol. The molecule has 1 aromatic heterocycles. The van der Waals surface area contributed by atoms with Gasteiger partial charge in [0, 0.05) is 17.3 Å². The first kappa shape index (κ1) is 11.0. The first-order valence-electron chi connectivity index (χ1n) is 3.29. The molecule has 0 saturated heterocycles. The molecule has 0 fully saturated rings. The van der Waals surface area contributed by atoms with Crippen LogP contribution in [0.25, 0.3) is 0 Å². The van der Waals surface area contributed by atoms with Gasteiger partial charge >= 0.3 is 0 Å². The standard InChI is InChI=1S/C7H5Br2F2NO/c8-5-4(7(10)11)3(2-13)1-12-6(5)9/h1,7,13H,2H2. The van der Waals surface area contributed by atoms with Gasteiger partial charge in [0.05, 0.1) is 11.1 Å². The summed E-state index contributed by atoms with van der Waals surface area (Å²) >= 11 is 5.98. The number of alkyl halides is 2. The van der Waals surface area contributed by atoms with Gasteiger partial charge in [0.15, 0.2) is 0 Å². The van der Waals surface area contributed by atoms with Crippen molar-refractivity contribution in [3.8, 4) is 0 Å². The predicted octanol–water partition coefficient (Wildman–Crippen LogP) is 3.04. The molecule has 1 aromatic rings. The molecular formula is C7H5Br2F2NO. The minimum atomic E-state index is -2.63. The van der Waals surface area contributed by atoms with Gasteiger partial charge in [-0.05, 0) is 31.9 Å². The maximum atomic E-state index is 12.5. The molecule has 0 aliphatic carbocycles. The van der Waals surface area contributed by atoms with Gasteiger partial charge < -0.3 is 5.11 Å². The van der Waals surface area contributed by atoms with Crippen molar-refractivity contribution in [2.24, 2.45) is 0 Å². The second kappa shape index (κ2) is 4.43. The Labute approximate surface area is 90.2 Å². The lowest BCUT2D eigenvalue weighted by Gasteiger charge is -2.09. The Morgan fingerprint density at radius 3 is 2.54 bits per heavy atom. The fourth-order valence-electron chi connectivity index (χ4n) is 0.875. The maximum absolute atomic E-state index is 12.5. The van der Waals surface area contributed by atoms with Crippen LogP contribution < -0.4 is 0 Å². The Morgan fingerprint density at radius 1 is 1.46 bits per heavy atom. The smallest absolute Gasteiger partial charge is 0.265 e. The second-order valence-corrected chi connectivity index (χ2v) is 3.80. The maximum Gasteiger partial charge on any atom is 0.265 e. The first-order valence-corrected chi connectivity index (χ1v) is 4.88. The topological polar surface area (TPSA) is 33.1 Å². The summed E-state index contributed by atoms with van der Waals surface area (Å²) in [5, 5.41) is 8.77. The molecule has 1 rings (SSSR count). The van der Waals surface area contributed by atoms with E-state index in [1.165, 1.54) is 6.20 Å². The van der Waals surface area contributed by atoms with Crippen molar-refractivity contribution in [3.05, 3.63) is 26.4 Å². The summed E-state index contributed by atoms with van der Waals surface area (Å²) in [5.74, 6) is 0. The molecule has 0 unspecified atom stereocenters. The zero-order valence-corrected chi connectivity index (χ0v) is 9.44. The number of pyridine rings is 1. The van der Waals surface area contributed by atoms with Crippen molar-refractivity contribution in [1.29, 1.82) is 0 Å².